The monoisotopic (exact) mass is 472 g/mol. The summed E-state index contributed by atoms with van der Waals surface area (Å²) in [6, 6.07) is 13.7. The number of nitrogens with two attached hydrogens (primary N) is 1. The number of carbonyl (C=O) groups is 1. The number of methoxy groups -OCH3 is 1. The summed E-state index contributed by atoms with van der Waals surface area (Å²) in [6.45, 7) is 6.06. The van der Waals surface area contributed by atoms with Gasteiger partial charge in [-0.25, -0.2) is 0 Å². The number of rotatable bonds is 12. The van der Waals surface area contributed by atoms with Crippen molar-refractivity contribution < 1.29 is 9.53 Å². The molecule has 0 atom stereocenters. The Labute approximate surface area is 202 Å². The number of amides is 1. The number of hydrogen-bond acceptors (Lipinski definition) is 5. The average Bonchev–Trinajstić information content (AvgIpc) is 2.84. The number of carbonyl (C=O) groups excluding carboxylic acids is 1. The van der Waals surface area contributed by atoms with Gasteiger partial charge in [0, 0.05) is 19.2 Å². The first kappa shape index (κ1) is 25.3. The van der Waals surface area contributed by atoms with E-state index in [4.69, 9.17) is 22.1 Å². The summed E-state index contributed by atoms with van der Waals surface area (Å²) in [5, 5.41) is 6.93. The third-order valence-corrected chi connectivity index (χ3v) is 6.65. The van der Waals surface area contributed by atoms with Crippen molar-refractivity contribution in [3.8, 4) is 5.75 Å². The Morgan fingerprint density at radius 1 is 1.15 bits per heavy atom. The Hall–Kier alpha value is -2.28. The van der Waals surface area contributed by atoms with Gasteiger partial charge in [-0.15, -0.1) is 0 Å². The van der Waals surface area contributed by atoms with Crippen molar-refractivity contribution in [2.24, 2.45) is 5.92 Å². The van der Waals surface area contributed by atoms with Crippen LogP contribution in [0.2, 0.25) is 5.02 Å². The molecule has 0 unspecified atom stereocenters. The van der Waals surface area contributed by atoms with Crippen LogP contribution in [0.5, 0.6) is 5.75 Å². The topological polar surface area (TPSA) is 79.6 Å². The lowest BCUT2D eigenvalue weighted by Crippen LogP contribution is -2.39. The molecule has 6 nitrogen and oxygen atoms in total. The smallest absolute Gasteiger partial charge is 0.255 e. The van der Waals surface area contributed by atoms with E-state index in [2.05, 4.69) is 45.9 Å². The van der Waals surface area contributed by atoms with Gasteiger partial charge in [-0.3, -0.25) is 4.79 Å². The highest BCUT2D eigenvalue weighted by Gasteiger charge is 2.21. The van der Waals surface area contributed by atoms with Gasteiger partial charge in [0.1, 0.15) is 5.75 Å². The van der Waals surface area contributed by atoms with Gasteiger partial charge >= 0.3 is 0 Å². The van der Waals surface area contributed by atoms with Crippen LogP contribution < -0.4 is 21.1 Å². The summed E-state index contributed by atoms with van der Waals surface area (Å²) in [5.74, 6) is 0.777. The van der Waals surface area contributed by atoms with Gasteiger partial charge in [0.2, 0.25) is 0 Å². The van der Waals surface area contributed by atoms with Crippen molar-refractivity contribution in [3.63, 3.8) is 0 Å². The van der Waals surface area contributed by atoms with Crippen LogP contribution in [0.15, 0.2) is 42.5 Å². The zero-order chi connectivity index (χ0) is 23.5. The Balaban J connectivity index is 1.26. The average molecular weight is 473 g/mol. The predicted octanol–water partition coefficient (Wildman–Crippen LogP) is 4.33. The molecule has 1 saturated heterocycles. The summed E-state index contributed by atoms with van der Waals surface area (Å²) < 4.78 is 5.29. The maximum atomic E-state index is 12.6. The number of unbranched alkanes of at least 4 members (excludes halogenated alkanes) is 2. The van der Waals surface area contributed by atoms with Gasteiger partial charge < -0.3 is 26.0 Å². The van der Waals surface area contributed by atoms with Crippen molar-refractivity contribution in [2.45, 2.75) is 38.6 Å². The van der Waals surface area contributed by atoms with E-state index in [0.717, 1.165) is 39.0 Å². The molecule has 2 aromatic rings. The molecule has 0 radical (unpaired) electrons. The second-order valence-electron chi connectivity index (χ2n) is 8.79. The molecule has 1 amide bonds. The quantitative estimate of drug-likeness (QED) is 0.316. The largest absolute Gasteiger partial charge is 0.496 e. The highest BCUT2D eigenvalue weighted by Crippen LogP contribution is 2.29. The van der Waals surface area contributed by atoms with Crippen LogP contribution in [0.25, 0.3) is 0 Å². The molecule has 0 aliphatic carbocycles. The number of nitrogens with zero attached hydrogens (tertiary/aromatic N) is 1. The lowest BCUT2D eigenvalue weighted by Gasteiger charge is -2.32. The van der Waals surface area contributed by atoms with Crippen LogP contribution in [0.3, 0.4) is 0 Å². The van der Waals surface area contributed by atoms with Crippen LogP contribution in [0.4, 0.5) is 5.69 Å². The van der Waals surface area contributed by atoms with Crippen molar-refractivity contribution in [1.82, 2.24) is 15.5 Å². The number of piperidine rings is 1. The van der Waals surface area contributed by atoms with E-state index in [1.807, 2.05) is 0 Å². The first-order valence-electron chi connectivity index (χ1n) is 11.9. The van der Waals surface area contributed by atoms with E-state index in [9.17, 15) is 4.79 Å². The molecule has 0 aromatic heterocycles. The Morgan fingerprint density at radius 2 is 1.91 bits per heavy atom. The Morgan fingerprint density at radius 3 is 2.64 bits per heavy atom. The van der Waals surface area contributed by atoms with E-state index in [-0.39, 0.29) is 5.91 Å². The normalized spacial score (nSPS) is 14.8. The van der Waals surface area contributed by atoms with Crippen LogP contribution in [-0.4, -0.2) is 50.6 Å². The summed E-state index contributed by atoms with van der Waals surface area (Å²) in [4.78, 5) is 15.2. The fourth-order valence-electron chi connectivity index (χ4n) is 4.25. The second kappa shape index (κ2) is 13.4. The molecular formula is C26H37ClN4O2. The summed E-state index contributed by atoms with van der Waals surface area (Å²) >= 11 is 6.08. The number of benzene rings is 2. The molecule has 7 heteroatoms. The number of ether oxygens (including phenoxy) is 1. The number of nitrogens with one attached hydrogen (secondary N) is 2. The van der Waals surface area contributed by atoms with Crippen molar-refractivity contribution in [1.29, 1.82) is 0 Å². The third kappa shape index (κ3) is 8.22. The Bertz CT molecular complexity index is 870. The highest BCUT2D eigenvalue weighted by molar-refractivity contribution is 6.33. The standard InChI is InChI=1S/C26H37ClN4O2/c1-33-25-17-24(28)23(27)16-22(25)26(32)30-19-21-10-14-31(15-11-21)13-7-3-6-12-29-18-20-8-4-2-5-9-20/h2,4-5,8-9,16-17,21,29H,3,6-7,10-15,18-19,28H2,1H3,(H,30,32). The lowest BCUT2D eigenvalue weighted by molar-refractivity contribution is 0.0933. The predicted molar refractivity (Wildman–Crippen MR) is 136 cm³/mol. The number of halogens is 1. The number of likely N-dealkylation sites (tertiary alicyclic amines) is 1. The van der Waals surface area contributed by atoms with Gasteiger partial charge in [-0.05, 0) is 69.4 Å². The molecule has 1 aliphatic heterocycles. The lowest BCUT2D eigenvalue weighted by atomic mass is 9.96. The second-order valence-corrected chi connectivity index (χ2v) is 9.20. The minimum Gasteiger partial charge on any atom is -0.496 e. The SMILES string of the molecule is COc1cc(N)c(Cl)cc1C(=O)NCC1CCN(CCCCCNCc2ccccc2)CC1. The van der Waals surface area contributed by atoms with E-state index < -0.39 is 0 Å². The minimum atomic E-state index is -0.169. The zero-order valence-corrected chi connectivity index (χ0v) is 20.4. The van der Waals surface area contributed by atoms with Gasteiger partial charge in [-0.2, -0.15) is 0 Å². The van der Waals surface area contributed by atoms with Crippen LogP contribution in [0.1, 0.15) is 48.0 Å². The van der Waals surface area contributed by atoms with Crippen LogP contribution >= 0.6 is 11.6 Å². The van der Waals surface area contributed by atoms with E-state index in [0.29, 0.717) is 34.5 Å². The van der Waals surface area contributed by atoms with Crippen molar-refractivity contribution in [3.05, 3.63) is 58.6 Å². The highest BCUT2D eigenvalue weighted by atomic mass is 35.5. The first-order valence-corrected chi connectivity index (χ1v) is 12.3. The van der Waals surface area contributed by atoms with Gasteiger partial charge in [-0.1, -0.05) is 48.4 Å². The fraction of sp³-hybridized carbons (Fsp3) is 0.500. The molecule has 1 aliphatic rings. The Kier molecular flexibility index (Phi) is 10.3. The molecule has 2 aromatic carbocycles. The summed E-state index contributed by atoms with van der Waals surface area (Å²) in [7, 11) is 1.52. The number of anilines is 1. The number of hydrogen-bond donors (Lipinski definition) is 3. The molecule has 0 bridgehead atoms. The van der Waals surface area contributed by atoms with E-state index >= 15 is 0 Å². The molecule has 33 heavy (non-hydrogen) atoms. The summed E-state index contributed by atoms with van der Waals surface area (Å²) in [6.07, 6.45) is 5.93. The minimum absolute atomic E-state index is 0.169. The molecule has 1 fully saturated rings. The molecule has 1 heterocycles. The van der Waals surface area contributed by atoms with Crippen LogP contribution in [-0.2, 0) is 6.54 Å². The first-order chi connectivity index (χ1) is 16.1. The molecule has 0 saturated carbocycles. The molecule has 4 N–H and O–H groups in total. The molecule has 180 valence electrons. The molecule has 0 spiro atoms. The fourth-order valence-corrected chi connectivity index (χ4v) is 4.42. The third-order valence-electron chi connectivity index (χ3n) is 6.32. The molecule has 3 rings (SSSR count). The van der Waals surface area contributed by atoms with E-state index in [1.54, 1.807) is 12.1 Å². The molecular weight excluding hydrogens is 436 g/mol. The van der Waals surface area contributed by atoms with Gasteiger partial charge in [0.25, 0.3) is 5.91 Å². The maximum absolute atomic E-state index is 12.6. The maximum Gasteiger partial charge on any atom is 0.255 e. The van der Waals surface area contributed by atoms with Crippen LogP contribution in [0, 0.1) is 5.92 Å². The zero-order valence-electron chi connectivity index (χ0n) is 19.6. The number of nitrogen functional groups attached to an aromatic ring is 1. The van der Waals surface area contributed by atoms with Gasteiger partial charge in [0.05, 0.1) is 23.4 Å². The van der Waals surface area contributed by atoms with E-state index in [1.165, 1.54) is 38.5 Å². The summed E-state index contributed by atoms with van der Waals surface area (Å²) in [5.41, 5.74) is 7.97. The van der Waals surface area contributed by atoms with Crippen molar-refractivity contribution in [2.75, 3.05) is 45.6 Å². The van der Waals surface area contributed by atoms with Crippen molar-refractivity contribution >= 4 is 23.2 Å². The van der Waals surface area contributed by atoms with Gasteiger partial charge in [0.15, 0.2) is 0 Å².